The quantitative estimate of drug-likeness (QED) is 0.277. The first-order chi connectivity index (χ1) is 13.0. The number of amides is 1. The van der Waals surface area contributed by atoms with Gasteiger partial charge < -0.3 is 15.9 Å². The average molecular weight is 391 g/mol. The van der Waals surface area contributed by atoms with Crippen LogP contribution in [0.15, 0.2) is 29.4 Å². The molecule has 146 valence electrons. The van der Waals surface area contributed by atoms with Crippen LogP contribution in [0.5, 0.6) is 0 Å². The van der Waals surface area contributed by atoms with E-state index in [2.05, 4.69) is 15.5 Å². The summed E-state index contributed by atoms with van der Waals surface area (Å²) in [5.41, 5.74) is 1.06. The Morgan fingerprint density at radius 3 is 2.59 bits per heavy atom. The summed E-state index contributed by atoms with van der Waals surface area (Å²) in [5, 5.41) is 11.3. The second-order valence-corrected chi connectivity index (χ2v) is 6.86. The molecule has 0 aliphatic rings. The first kappa shape index (κ1) is 20.8. The van der Waals surface area contributed by atoms with E-state index in [0.29, 0.717) is 28.8 Å². The van der Waals surface area contributed by atoms with Gasteiger partial charge in [0.15, 0.2) is 5.82 Å². The molecular formula is C18H25N5O3S. The molecule has 9 heteroatoms. The zero-order valence-electron chi connectivity index (χ0n) is 15.6. The summed E-state index contributed by atoms with van der Waals surface area (Å²) in [6, 6.07) is 6.60. The van der Waals surface area contributed by atoms with Gasteiger partial charge in [-0.2, -0.15) is 0 Å². The van der Waals surface area contributed by atoms with Crippen LogP contribution in [0.25, 0.3) is 0 Å². The fourth-order valence-electron chi connectivity index (χ4n) is 2.21. The molecule has 2 aromatic rings. The van der Waals surface area contributed by atoms with Gasteiger partial charge in [-0.1, -0.05) is 32.0 Å². The summed E-state index contributed by atoms with van der Waals surface area (Å²) in [6.45, 7) is 4.48. The van der Waals surface area contributed by atoms with Crippen LogP contribution in [0.2, 0.25) is 0 Å². The Morgan fingerprint density at radius 1 is 1.19 bits per heavy atom. The Hall–Kier alpha value is -2.55. The lowest BCUT2D eigenvalue weighted by Crippen LogP contribution is -2.17. The highest BCUT2D eigenvalue weighted by atomic mass is 32.2. The lowest BCUT2D eigenvalue weighted by molar-refractivity contribution is -0.113. The number of carbonyl (C=O) groups is 2. The first-order valence-corrected chi connectivity index (χ1v) is 9.92. The van der Waals surface area contributed by atoms with E-state index in [4.69, 9.17) is 10.6 Å². The number of aromatic nitrogens is 3. The van der Waals surface area contributed by atoms with E-state index < -0.39 is 0 Å². The molecule has 27 heavy (non-hydrogen) atoms. The molecule has 0 spiro atoms. The van der Waals surface area contributed by atoms with Crippen molar-refractivity contribution in [1.82, 2.24) is 14.9 Å². The second-order valence-electron chi connectivity index (χ2n) is 5.92. The molecule has 2 rings (SSSR count). The number of benzene rings is 1. The number of hydrogen-bond acceptors (Lipinski definition) is 7. The molecule has 0 saturated carbocycles. The fraction of sp³-hybridized carbons (Fsp3) is 0.444. The van der Waals surface area contributed by atoms with E-state index in [1.54, 1.807) is 24.3 Å². The van der Waals surface area contributed by atoms with Gasteiger partial charge in [0.25, 0.3) is 0 Å². The van der Waals surface area contributed by atoms with Crippen LogP contribution in [-0.4, -0.2) is 39.1 Å². The molecule has 1 heterocycles. The monoisotopic (exact) mass is 391 g/mol. The number of ether oxygens (including phenoxy) is 1. The van der Waals surface area contributed by atoms with Crippen LogP contribution in [-0.2, 0) is 16.0 Å². The number of nitrogen functional groups attached to an aromatic ring is 1. The third-order valence-corrected chi connectivity index (χ3v) is 4.62. The number of aryl methyl sites for hydroxylation is 1. The van der Waals surface area contributed by atoms with Crippen molar-refractivity contribution in [2.45, 2.75) is 44.7 Å². The summed E-state index contributed by atoms with van der Waals surface area (Å²) in [6.07, 6.45) is 3.47. The molecule has 1 amide bonds. The molecule has 1 aromatic carbocycles. The third-order valence-electron chi connectivity index (χ3n) is 3.68. The number of hydrogen-bond donors (Lipinski definition) is 2. The van der Waals surface area contributed by atoms with Crippen molar-refractivity contribution in [3.05, 3.63) is 35.7 Å². The van der Waals surface area contributed by atoms with Gasteiger partial charge in [0.2, 0.25) is 11.1 Å². The maximum Gasteiger partial charge on any atom is 0.338 e. The highest BCUT2D eigenvalue weighted by Gasteiger charge is 2.12. The van der Waals surface area contributed by atoms with Crippen molar-refractivity contribution in [1.29, 1.82) is 0 Å². The summed E-state index contributed by atoms with van der Waals surface area (Å²) in [5.74, 6) is 6.21. The topological polar surface area (TPSA) is 112 Å². The SMILES string of the molecule is CCCCOC(=O)c1ccc(NC(=O)CSc2nnc(CCC)n2N)cc1. The molecule has 0 aliphatic carbocycles. The van der Waals surface area contributed by atoms with Crippen molar-refractivity contribution in [3.63, 3.8) is 0 Å². The van der Waals surface area contributed by atoms with E-state index in [9.17, 15) is 9.59 Å². The van der Waals surface area contributed by atoms with Crippen molar-refractivity contribution in [3.8, 4) is 0 Å². The van der Waals surface area contributed by atoms with Crippen molar-refractivity contribution >= 4 is 29.3 Å². The number of rotatable bonds is 10. The van der Waals surface area contributed by atoms with Crippen LogP contribution >= 0.6 is 11.8 Å². The van der Waals surface area contributed by atoms with Gasteiger partial charge in [-0.15, -0.1) is 10.2 Å². The molecule has 1 aromatic heterocycles. The molecule has 8 nitrogen and oxygen atoms in total. The summed E-state index contributed by atoms with van der Waals surface area (Å²) in [7, 11) is 0. The molecule has 0 unspecified atom stereocenters. The normalized spacial score (nSPS) is 10.6. The van der Waals surface area contributed by atoms with Gasteiger partial charge in [0.1, 0.15) is 0 Å². The Bertz CT molecular complexity index is 761. The maximum absolute atomic E-state index is 12.1. The zero-order chi connectivity index (χ0) is 19.6. The highest BCUT2D eigenvalue weighted by Crippen LogP contribution is 2.16. The van der Waals surface area contributed by atoms with Gasteiger partial charge in [-0.25, -0.2) is 9.47 Å². The number of carbonyl (C=O) groups excluding carboxylic acids is 2. The van der Waals surface area contributed by atoms with Crippen LogP contribution in [0, 0.1) is 0 Å². The molecule has 0 radical (unpaired) electrons. The third kappa shape index (κ3) is 6.28. The van der Waals surface area contributed by atoms with Gasteiger partial charge >= 0.3 is 5.97 Å². The fourth-order valence-corrected chi connectivity index (χ4v) is 2.88. The van der Waals surface area contributed by atoms with E-state index in [0.717, 1.165) is 25.7 Å². The predicted octanol–water partition coefficient (Wildman–Crippen LogP) is 2.63. The van der Waals surface area contributed by atoms with Crippen molar-refractivity contribution < 1.29 is 14.3 Å². The van der Waals surface area contributed by atoms with Gasteiger partial charge in [0.05, 0.1) is 17.9 Å². The van der Waals surface area contributed by atoms with Gasteiger partial charge in [-0.3, -0.25) is 4.79 Å². The largest absolute Gasteiger partial charge is 0.462 e. The smallest absolute Gasteiger partial charge is 0.338 e. The Morgan fingerprint density at radius 2 is 1.93 bits per heavy atom. The molecule has 0 saturated heterocycles. The second kappa shape index (κ2) is 10.6. The molecular weight excluding hydrogens is 366 g/mol. The predicted molar refractivity (Wildman–Crippen MR) is 105 cm³/mol. The minimum Gasteiger partial charge on any atom is -0.462 e. The highest BCUT2D eigenvalue weighted by molar-refractivity contribution is 7.99. The van der Waals surface area contributed by atoms with E-state index in [1.165, 1.54) is 16.4 Å². The van der Waals surface area contributed by atoms with Crippen LogP contribution < -0.4 is 11.2 Å². The number of anilines is 1. The van der Waals surface area contributed by atoms with Crippen LogP contribution in [0.1, 0.15) is 49.3 Å². The minimum absolute atomic E-state index is 0.155. The van der Waals surface area contributed by atoms with E-state index >= 15 is 0 Å². The standard InChI is InChI=1S/C18H25N5O3S/c1-3-5-11-26-17(25)13-7-9-14(10-8-13)20-16(24)12-27-18-22-21-15(6-4-2)23(18)19/h7-10H,3-6,11-12,19H2,1-2H3,(H,20,24). The lowest BCUT2D eigenvalue weighted by atomic mass is 10.2. The zero-order valence-corrected chi connectivity index (χ0v) is 16.4. The maximum atomic E-state index is 12.1. The summed E-state index contributed by atoms with van der Waals surface area (Å²) in [4.78, 5) is 24.0. The first-order valence-electron chi connectivity index (χ1n) is 8.94. The number of esters is 1. The number of thioether (sulfide) groups is 1. The van der Waals surface area contributed by atoms with E-state index in [-0.39, 0.29) is 17.6 Å². The Kier molecular flexibility index (Phi) is 8.12. The minimum atomic E-state index is -0.359. The average Bonchev–Trinajstić information content (AvgIpc) is 3.01. The number of unbranched alkanes of at least 4 members (excludes halogenated alkanes) is 1. The summed E-state index contributed by atoms with van der Waals surface area (Å²) < 4.78 is 6.57. The van der Waals surface area contributed by atoms with Gasteiger partial charge in [-0.05, 0) is 37.1 Å². The lowest BCUT2D eigenvalue weighted by Gasteiger charge is -2.07. The summed E-state index contributed by atoms with van der Waals surface area (Å²) >= 11 is 1.22. The molecule has 0 aliphatic heterocycles. The molecule has 0 bridgehead atoms. The molecule has 0 fully saturated rings. The van der Waals surface area contributed by atoms with Crippen LogP contribution in [0.3, 0.4) is 0 Å². The van der Waals surface area contributed by atoms with E-state index in [1.807, 2.05) is 13.8 Å². The van der Waals surface area contributed by atoms with Crippen molar-refractivity contribution in [2.75, 3.05) is 23.5 Å². The Labute approximate surface area is 162 Å². The number of nitrogens with one attached hydrogen (secondary N) is 1. The number of nitrogens with zero attached hydrogens (tertiary/aromatic N) is 3. The van der Waals surface area contributed by atoms with Crippen molar-refractivity contribution in [2.24, 2.45) is 0 Å². The molecule has 0 atom stereocenters. The number of nitrogens with two attached hydrogens (primary N) is 1. The molecule has 3 N–H and O–H groups in total. The van der Waals surface area contributed by atoms with Crippen LogP contribution in [0.4, 0.5) is 5.69 Å². The Balaban J connectivity index is 1.82. The van der Waals surface area contributed by atoms with Gasteiger partial charge in [0, 0.05) is 12.1 Å².